The fourth-order valence-electron chi connectivity index (χ4n) is 6.79. The largest absolute Gasteiger partial charge is 2.00 e. The number of para-hydroxylation sites is 1. The van der Waals surface area contributed by atoms with Crippen LogP contribution in [0.3, 0.4) is 0 Å². The van der Waals surface area contributed by atoms with E-state index in [1.54, 1.807) is 0 Å². The first kappa shape index (κ1) is 34.3. The van der Waals surface area contributed by atoms with Crippen LogP contribution in [0, 0.1) is 43.6 Å². The number of nitrogens with zero attached hydrogens (tertiary/aromatic N) is 4. The molecule has 7 rings (SSSR count). The molecular weight excluding hydrogens is 791 g/mol. The maximum Gasteiger partial charge on any atom is 2.00 e. The van der Waals surface area contributed by atoms with Crippen molar-refractivity contribution in [3.8, 4) is 34.1 Å². The van der Waals surface area contributed by atoms with Crippen LogP contribution in [0.1, 0.15) is 49.9 Å². The molecule has 0 bridgehead atoms. The second-order valence-electron chi connectivity index (χ2n) is 13.5. The molecule has 7 heteroatoms. The maximum atomic E-state index is 14.3. The van der Waals surface area contributed by atoms with Crippen LogP contribution in [-0.2, 0) is 33.9 Å². The molecule has 49 heavy (non-hydrogen) atoms. The van der Waals surface area contributed by atoms with E-state index in [4.69, 9.17) is 9.84 Å². The van der Waals surface area contributed by atoms with Crippen LogP contribution in [0.4, 0.5) is 4.39 Å². The molecule has 250 valence electrons. The number of benzene rings is 4. The summed E-state index contributed by atoms with van der Waals surface area (Å²) >= 11 is 0. The number of fused-ring (bicyclic) bond motifs is 3. The molecule has 7 aromatic rings. The van der Waals surface area contributed by atoms with Gasteiger partial charge in [0.05, 0.1) is 6.20 Å². The van der Waals surface area contributed by atoms with E-state index < -0.39 is 0 Å². The molecule has 0 spiro atoms. The molecule has 3 heterocycles. The fourth-order valence-corrected chi connectivity index (χ4v) is 6.79. The molecule has 3 aromatic heterocycles. The second kappa shape index (κ2) is 14.1. The van der Waals surface area contributed by atoms with Gasteiger partial charge in [0.25, 0.3) is 0 Å². The molecule has 0 radical (unpaired) electrons. The molecule has 0 fully saturated rings. The second-order valence-corrected chi connectivity index (χ2v) is 13.5. The Balaban J connectivity index is 0.00000417. The minimum Gasteiger partial charge on any atom is -0.509 e. The number of hydrogen-bond acceptors (Lipinski definition) is 3. The van der Waals surface area contributed by atoms with Gasteiger partial charge in [0, 0.05) is 41.0 Å². The summed E-state index contributed by atoms with van der Waals surface area (Å²) < 4.78 is 24.4. The maximum absolute atomic E-state index is 14.3. The van der Waals surface area contributed by atoms with Gasteiger partial charge in [0.15, 0.2) is 0 Å². The van der Waals surface area contributed by atoms with E-state index in [0.29, 0.717) is 29.2 Å². The normalized spacial score (nSPS) is 11.5. The Hall–Kier alpha value is -4.54. The Kier molecular flexibility index (Phi) is 9.90. The van der Waals surface area contributed by atoms with Gasteiger partial charge in [-0.25, -0.2) is 9.37 Å². The van der Waals surface area contributed by atoms with Gasteiger partial charge < -0.3 is 9.30 Å². The minimum atomic E-state index is -0.351. The Morgan fingerprint density at radius 3 is 2.22 bits per heavy atom. The molecule has 5 nitrogen and oxygen atoms in total. The van der Waals surface area contributed by atoms with Gasteiger partial charge in [0.2, 0.25) is 0 Å². The zero-order valence-corrected chi connectivity index (χ0v) is 30.9. The topological polar surface area (TPSA) is 44.9 Å². The van der Waals surface area contributed by atoms with E-state index in [1.165, 1.54) is 46.1 Å². The third-order valence-corrected chi connectivity index (χ3v) is 8.80. The summed E-state index contributed by atoms with van der Waals surface area (Å²) in [6, 6.07) is 29.7. The van der Waals surface area contributed by atoms with Crippen LogP contribution in [0.2, 0.25) is 0 Å². The van der Waals surface area contributed by atoms with E-state index >= 15 is 0 Å². The van der Waals surface area contributed by atoms with Crippen molar-refractivity contribution in [2.45, 2.75) is 54.4 Å². The van der Waals surface area contributed by atoms with Gasteiger partial charge in [-0.05, 0) is 89.5 Å². The van der Waals surface area contributed by atoms with E-state index in [9.17, 15) is 4.39 Å². The van der Waals surface area contributed by atoms with Gasteiger partial charge in [-0.1, -0.05) is 57.5 Å². The first-order valence-corrected chi connectivity index (χ1v) is 16.6. The van der Waals surface area contributed by atoms with E-state index in [0.717, 1.165) is 45.9 Å². The SMILES string of the molecule is Cc1cc(C)c(CC(C)C)c(-c2cnn(-c3[c-]c(Oc4[c-]c5c(cc4)c4ccccc4n5-c4cc(F)ccn4)ccc3)c2)c1CC(C)C.[Pt+2]. The van der Waals surface area contributed by atoms with Crippen molar-refractivity contribution in [2.24, 2.45) is 11.8 Å². The molecule has 0 saturated heterocycles. The van der Waals surface area contributed by atoms with Crippen LogP contribution in [0.15, 0.2) is 91.4 Å². The third kappa shape index (κ3) is 6.85. The molecular formula is C42H39FN4OPt. The Morgan fingerprint density at radius 2 is 1.51 bits per heavy atom. The number of aryl methyl sites for hydroxylation is 2. The molecule has 0 saturated carbocycles. The molecule has 0 N–H and O–H groups in total. The summed E-state index contributed by atoms with van der Waals surface area (Å²) in [5.74, 6) is 2.27. The van der Waals surface area contributed by atoms with Gasteiger partial charge >= 0.3 is 21.1 Å². The van der Waals surface area contributed by atoms with Crippen LogP contribution in [0.25, 0.3) is 44.4 Å². The summed E-state index contributed by atoms with van der Waals surface area (Å²) in [7, 11) is 0. The number of rotatable bonds is 9. The number of ether oxygens (including phenoxy) is 1. The Morgan fingerprint density at radius 1 is 0.796 bits per heavy atom. The van der Waals surface area contributed by atoms with Crippen molar-refractivity contribution >= 4 is 21.8 Å². The van der Waals surface area contributed by atoms with Gasteiger partial charge in [-0.15, -0.1) is 35.7 Å². The molecule has 0 atom stereocenters. The monoisotopic (exact) mass is 829 g/mol. The van der Waals surface area contributed by atoms with E-state index in [-0.39, 0.29) is 26.9 Å². The van der Waals surface area contributed by atoms with Crippen molar-refractivity contribution in [3.63, 3.8) is 0 Å². The van der Waals surface area contributed by atoms with Gasteiger partial charge in [-0.3, -0.25) is 4.68 Å². The number of pyridine rings is 1. The summed E-state index contributed by atoms with van der Waals surface area (Å²) in [6.45, 7) is 13.6. The summed E-state index contributed by atoms with van der Waals surface area (Å²) in [5.41, 5.74) is 10.4. The van der Waals surface area contributed by atoms with Crippen molar-refractivity contribution in [3.05, 3.63) is 132 Å². The third-order valence-electron chi connectivity index (χ3n) is 8.80. The zero-order chi connectivity index (χ0) is 33.5. The molecule has 0 unspecified atom stereocenters. The first-order chi connectivity index (χ1) is 23.2. The average Bonchev–Trinajstić information content (AvgIpc) is 3.66. The molecule has 0 aliphatic heterocycles. The summed E-state index contributed by atoms with van der Waals surface area (Å²) in [4.78, 5) is 4.46. The van der Waals surface area contributed by atoms with Crippen molar-refractivity contribution < 1.29 is 30.2 Å². The van der Waals surface area contributed by atoms with Crippen molar-refractivity contribution in [1.29, 1.82) is 0 Å². The Labute approximate surface area is 302 Å². The van der Waals surface area contributed by atoms with Crippen LogP contribution < -0.4 is 4.74 Å². The van der Waals surface area contributed by atoms with Crippen LogP contribution in [-0.4, -0.2) is 19.3 Å². The number of halogens is 1. The standard InChI is InChI=1S/C42H39FN4O.Pt/c1-26(2)18-37-28(5)20-29(6)38(19-27(3)4)42(37)30-24-45-46(25-30)32-10-9-11-33(22-32)48-34-14-15-36-35-12-7-8-13-39(35)47(40(36)23-34)41-21-31(43)16-17-44-41;/h7-17,20-21,24-27H,18-19H2,1-6H3;/q-2;+2. The summed E-state index contributed by atoms with van der Waals surface area (Å²) in [6.07, 6.45) is 7.60. The van der Waals surface area contributed by atoms with Gasteiger partial charge in [0.1, 0.15) is 11.6 Å². The number of aromatic nitrogens is 4. The van der Waals surface area contributed by atoms with E-state index in [2.05, 4.69) is 70.9 Å². The molecule has 0 aliphatic carbocycles. The smallest absolute Gasteiger partial charge is 0.509 e. The van der Waals surface area contributed by atoms with Crippen LogP contribution in [0.5, 0.6) is 11.5 Å². The van der Waals surface area contributed by atoms with Crippen molar-refractivity contribution in [2.75, 3.05) is 0 Å². The predicted molar refractivity (Wildman–Crippen MR) is 192 cm³/mol. The zero-order valence-electron chi connectivity index (χ0n) is 28.6. The van der Waals surface area contributed by atoms with Gasteiger partial charge in [-0.2, -0.15) is 17.2 Å². The molecule has 0 aliphatic rings. The minimum absolute atomic E-state index is 0. The average molecular weight is 830 g/mol. The van der Waals surface area contributed by atoms with Crippen LogP contribution >= 0.6 is 0 Å². The predicted octanol–water partition coefficient (Wildman–Crippen LogP) is 10.6. The van der Waals surface area contributed by atoms with Crippen molar-refractivity contribution in [1.82, 2.24) is 19.3 Å². The molecule has 0 amide bonds. The quantitative estimate of drug-likeness (QED) is 0.136. The first-order valence-electron chi connectivity index (χ1n) is 16.6. The summed E-state index contributed by atoms with van der Waals surface area (Å²) in [5, 5.41) is 6.82. The fraction of sp³-hybridized carbons (Fsp3) is 0.238. The molecule has 4 aromatic carbocycles. The van der Waals surface area contributed by atoms with E-state index in [1.807, 2.05) is 70.0 Å². The number of hydrogen-bond donors (Lipinski definition) is 0. The Bertz CT molecular complexity index is 2250.